The van der Waals surface area contributed by atoms with Gasteiger partial charge in [-0.1, -0.05) is 0 Å². The molecule has 0 saturated heterocycles. The van der Waals surface area contributed by atoms with Crippen LogP contribution in [0.15, 0.2) is 5.38 Å². The minimum atomic E-state index is 0.508. The molecule has 0 aliphatic carbocycles. The predicted octanol–water partition coefficient (Wildman–Crippen LogP) is 1.15. The molecule has 0 bridgehead atoms. The van der Waals surface area contributed by atoms with Crippen molar-refractivity contribution < 1.29 is 9.47 Å². The zero-order valence-electron chi connectivity index (χ0n) is 8.36. The van der Waals surface area contributed by atoms with Crippen molar-refractivity contribution in [3.63, 3.8) is 0 Å². The van der Waals surface area contributed by atoms with Gasteiger partial charge in [0.1, 0.15) is 5.01 Å². The fraction of sp³-hybridized carbons (Fsp3) is 0.667. The quantitative estimate of drug-likeness (QED) is 0.695. The summed E-state index contributed by atoms with van der Waals surface area (Å²) in [7, 11) is 1.69. The minimum Gasteiger partial charge on any atom is -0.385 e. The third-order valence-corrected chi connectivity index (χ3v) is 2.58. The van der Waals surface area contributed by atoms with Crippen molar-refractivity contribution in [3.05, 3.63) is 16.1 Å². The van der Waals surface area contributed by atoms with Gasteiger partial charge in [0.2, 0.25) is 0 Å². The van der Waals surface area contributed by atoms with E-state index in [1.165, 1.54) is 0 Å². The molecule has 14 heavy (non-hydrogen) atoms. The van der Waals surface area contributed by atoms with Gasteiger partial charge >= 0.3 is 0 Å². The molecular weight excluding hydrogens is 200 g/mol. The van der Waals surface area contributed by atoms with Gasteiger partial charge in [0.05, 0.1) is 12.3 Å². The van der Waals surface area contributed by atoms with Gasteiger partial charge in [0, 0.05) is 32.2 Å². The van der Waals surface area contributed by atoms with Gasteiger partial charge in [-0.25, -0.2) is 4.98 Å². The van der Waals surface area contributed by atoms with Gasteiger partial charge in [-0.3, -0.25) is 0 Å². The highest BCUT2D eigenvalue weighted by Crippen LogP contribution is 2.09. The fourth-order valence-corrected chi connectivity index (χ4v) is 1.65. The molecule has 1 aromatic heterocycles. The summed E-state index contributed by atoms with van der Waals surface area (Å²) in [6.45, 7) is 2.53. The van der Waals surface area contributed by atoms with Gasteiger partial charge in [-0.05, 0) is 6.42 Å². The lowest BCUT2D eigenvalue weighted by Crippen LogP contribution is -2.00. The second-order valence-electron chi connectivity index (χ2n) is 2.84. The molecule has 5 heteroatoms. The van der Waals surface area contributed by atoms with Gasteiger partial charge < -0.3 is 15.2 Å². The van der Waals surface area contributed by atoms with Gasteiger partial charge in [0.15, 0.2) is 0 Å². The van der Waals surface area contributed by atoms with Gasteiger partial charge in [-0.2, -0.15) is 0 Å². The maximum absolute atomic E-state index is 5.45. The maximum atomic E-state index is 5.45. The van der Waals surface area contributed by atoms with Crippen LogP contribution in [0.3, 0.4) is 0 Å². The molecule has 0 atom stereocenters. The zero-order valence-corrected chi connectivity index (χ0v) is 9.18. The monoisotopic (exact) mass is 216 g/mol. The molecule has 0 unspecified atom stereocenters. The molecule has 0 spiro atoms. The molecule has 80 valence electrons. The van der Waals surface area contributed by atoms with Crippen LogP contribution < -0.4 is 5.73 Å². The molecule has 2 N–H and O–H groups in total. The summed E-state index contributed by atoms with van der Waals surface area (Å²) in [6, 6.07) is 0. The summed E-state index contributed by atoms with van der Waals surface area (Å²) >= 11 is 1.58. The first-order valence-corrected chi connectivity index (χ1v) is 5.44. The second kappa shape index (κ2) is 6.89. The van der Waals surface area contributed by atoms with E-state index in [2.05, 4.69) is 4.98 Å². The standard InChI is InChI=1S/C9H16N2O2S/c1-12-3-2-4-13-6-8-7-14-9(5-10)11-8/h7H,2-6,10H2,1H3. The number of aromatic nitrogens is 1. The van der Waals surface area contributed by atoms with E-state index < -0.39 is 0 Å². The van der Waals surface area contributed by atoms with E-state index in [1.807, 2.05) is 5.38 Å². The van der Waals surface area contributed by atoms with Crippen LogP contribution in [-0.4, -0.2) is 25.3 Å². The van der Waals surface area contributed by atoms with Crippen LogP contribution in [0.5, 0.6) is 0 Å². The third-order valence-electron chi connectivity index (χ3n) is 1.66. The van der Waals surface area contributed by atoms with E-state index >= 15 is 0 Å². The minimum absolute atomic E-state index is 0.508. The Morgan fingerprint density at radius 1 is 1.50 bits per heavy atom. The van der Waals surface area contributed by atoms with Gasteiger partial charge in [0.25, 0.3) is 0 Å². The molecule has 0 saturated carbocycles. The molecule has 1 aromatic rings. The molecule has 0 aliphatic heterocycles. The Morgan fingerprint density at radius 2 is 2.36 bits per heavy atom. The summed E-state index contributed by atoms with van der Waals surface area (Å²) in [4.78, 5) is 4.28. The summed E-state index contributed by atoms with van der Waals surface area (Å²) in [5.74, 6) is 0. The van der Waals surface area contributed by atoms with Crippen LogP contribution >= 0.6 is 11.3 Å². The number of thiazole rings is 1. The van der Waals surface area contributed by atoms with Crippen molar-refractivity contribution in [2.75, 3.05) is 20.3 Å². The Hall–Kier alpha value is -0.490. The first-order chi connectivity index (χ1) is 6.86. The van der Waals surface area contributed by atoms with Crippen LogP contribution in [0.4, 0.5) is 0 Å². The summed E-state index contributed by atoms with van der Waals surface area (Å²) in [5, 5.41) is 2.94. The molecule has 4 nitrogen and oxygen atoms in total. The van der Waals surface area contributed by atoms with Crippen LogP contribution in [0.25, 0.3) is 0 Å². The average Bonchev–Trinajstić information content (AvgIpc) is 2.65. The lowest BCUT2D eigenvalue weighted by molar-refractivity contribution is 0.0912. The van der Waals surface area contributed by atoms with Crippen molar-refractivity contribution in [3.8, 4) is 0 Å². The number of nitrogens with zero attached hydrogens (tertiary/aromatic N) is 1. The molecule has 0 radical (unpaired) electrons. The van der Waals surface area contributed by atoms with Crippen molar-refractivity contribution in [2.24, 2.45) is 5.73 Å². The van der Waals surface area contributed by atoms with Crippen molar-refractivity contribution in [1.29, 1.82) is 0 Å². The SMILES string of the molecule is COCCCOCc1csc(CN)n1. The Morgan fingerprint density at radius 3 is 3.00 bits per heavy atom. The van der Waals surface area contributed by atoms with E-state index in [1.54, 1.807) is 18.4 Å². The molecule has 0 fully saturated rings. The highest BCUT2D eigenvalue weighted by Gasteiger charge is 1.99. The topological polar surface area (TPSA) is 57.4 Å². The highest BCUT2D eigenvalue weighted by atomic mass is 32.1. The summed E-state index contributed by atoms with van der Waals surface area (Å²) < 4.78 is 10.3. The van der Waals surface area contributed by atoms with E-state index in [9.17, 15) is 0 Å². The highest BCUT2D eigenvalue weighted by molar-refractivity contribution is 7.09. The summed E-state index contributed by atoms with van der Waals surface area (Å²) in [5.41, 5.74) is 6.41. The molecule has 0 aliphatic rings. The van der Waals surface area contributed by atoms with Crippen molar-refractivity contribution >= 4 is 11.3 Å². The van der Waals surface area contributed by atoms with E-state index in [0.29, 0.717) is 19.8 Å². The summed E-state index contributed by atoms with van der Waals surface area (Å²) in [6.07, 6.45) is 0.921. The second-order valence-corrected chi connectivity index (χ2v) is 3.78. The number of nitrogens with two attached hydrogens (primary N) is 1. The van der Waals surface area contributed by atoms with E-state index in [0.717, 1.165) is 23.7 Å². The van der Waals surface area contributed by atoms with Crippen molar-refractivity contribution in [1.82, 2.24) is 4.98 Å². The van der Waals surface area contributed by atoms with Crippen LogP contribution in [0.1, 0.15) is 17.1 Å². The number of hydrogen-bond acceptors (Lipinski definition) is 5. The van der Waals surface area contributed by atoms with Crippen LogP contribution in [0.2, 0.25) is 0 Å². The molecule has 0 aromatic carbocycles. The fourth-order valence-electron chi connectivity index (χ4n) is 0.991. The lowest BCUT2D eigenvalue weighted by Gasteiger charge is -2.00. The first kappa shape index (κ1) is 11.6. The largest absolute Gasteiger partial charge is 0.385 e. The van der Waals surface area contributed by atoms with Crippen molar-refractivity contribution in [2.45, 2.75) is 19.6 Å². The Kier molecular flexibility index (Phi) is 5.70. The lowest BCUT2D eigenvalue weighted by atomic mass is 10.5. The molecule has 1 heterocycles. The Bertz CT molecular complexity index is 253. The molecule has 1 rings (SSSR count). The maximum Gasteiger partial charge on any atom is 0.107 e. The predicted molar refractivity (Wildman–Crippen MR) is 56.2 cm³/mol. The van der Waals surface area contributed by atoms with Gasteiger partial charge in [-0.15, -0.1) is 11.3 Å². The number of ether oxygens (including phenoxy) is 2. The molecular formula is C9H16N2O2S. The smallest absolute Gasteiger partial charge is 0.107 e. The molecule has 0 amide bonds. The van der Waals surface area contributed by atoms with E-state index in [4.69, 9.17) is 15.2 Å². The zero-order chi connectivity index (χ0) is 10.2. The Balaban J connectivity index is 2.12. The van der Waals surface area contributed by atoms with Crippen LogP contribution in [0, 0.1) is 0 Å². The van der Waals surface area contributed by atoms with Crippen LogP contribution in [-0.2, 0) is 22.6 Å². The number of hydrogen-bond donors (Lipinski definition) is 1. The first-order valence-electron chi connectivity index (χ1n) is 4.57. The number of methoxy groups -OCH3 is 1. The third kappa shape index (κ3) is 4.15. The normalized spacial score (nSPS) is 10.7. The number of rotatable bonds is 7. The average molecular weight is 216 g/mol. The van der Waals surface area contributed by atoms with E-state index in [-0.39, 0.29) is 0 Å². The Labute approximate surface area is 88.0 Å².